The number of H-pyrrole nitrogens is 2. The fourth-order valence-electron chi connectivity index (χ4n) is 6.31. The van der Waals surface area contributed by atoms with E-state index in [0.29, 0.717) is 22.4 Å². The Labute approximate surface area is 260 Å². The minimum absolute atomic E-state index is 0.0451. The molecule has 5 heterocycles. The average Bonchev–Trinajstić information content (AvgIpc) is 3.79. The Kier molecular flexibility index (Phi) is 7.88. The first-order valence-corrected chi connectivity index (χ1v) is 17.3. The zero-order valence-electron chi connectivity index (χ0n) is 25.0. The number of hydrogen-bond acceptors (Lipinski definition) is 7. The maximum Gasteiger partial charge on any atom is 0.181 e. The molecule has 0 amide bonds. The van der Waals surface area contributed by atoms with Gasteiger partial charge in [0.05, 0.1) is 17.1 Å². The van der Waals surface area contributed by atoms with E-state index >= 15 is 0 Å². The monoisotopic (exact) mass is 623 g/mol. The van der Waals surface area contributed by atoms with Crippen LogP contribution in [0.5, 0.6) is 0 Å². The number of nitrogens with one attached hydrogen (secondary N) is 3. The van der Waals surface area contributed by atoms with Crippen molar-refractivity contribution in [1.82, 2.24) is 35.5 Å². The van der Waals surface area contributed by atoms with Gasteiger partial charge in [0, 0.05) is 59.5 Å². The normalized spacial score (nSPS) is 14.2. The average molecular weight is 624 g/mol. The number of aryl methyl sites for hydroxylation is 1. The van der Waals surface area contributed by atoms with Gasteiger partial charge in [0.1, 0.15) is 21.3 Å². The number of fused-ring (bicyclic) bond motifs is 2. The first kappa shape index (κ1) is 29.2. The van der Waals surface area contributed by atoms with E-state index in [-0.39, 0.29) is 12.2 Å². The van der Waals surface area contributed by atoms with Gasteiger partial charge in [-0.15, -0.1) is 0 Å². The molecule has 0 saturated heterocycles. The molecular formula is C34H34FN7O2S. The zero-order valence-corrected chi connectivity index (χ0v) is 25.8. The SMILES string of the molecule is CS(=O)(=O)CCc1cc(F)cc(-c2ccnc3[nH]c(-c4[nH]nc5ncc(-c6cncc(CNCC7CCCC7)c6)cc45)cc23)c1. The maximum atomic E-state index is 14.7. The third kappa shape index (κ3) is 6.50. The van der Waals surface area contributed by atoms with Crippen molar-refractivity contribution in [3.05, 3.63) is 84.2 Å². The molecule has 0 radical (unpaired) electrons. The number of benzene rings is 1. The second kappa shape index (κ2) is 12.1. The molecule has 0 spiro atoms. The highest BCUT2D eigenvalue weighted by Crippen LogP contribution is 2.35. The van der Waals surface area contributed by atoms with Crippen molar-refractivity contribution in [2.24, 2.45) is 5.92 Å². The van der Waals surface area contributed by atoms with Gasteiger partial charge in [-0.1, -0.05) is 18.9 Å². The molecule has 0 atom stereocenters. The molecule has 1 aromatic carbocycles. The van der Waals surface area contributed by atoms with Gasteiger partial charge in [-0.05, 0) is 90.4 Å². The lowest BCUT2D eigenvalue weighted by molar-refractivity contribution is 0.489. The maximum absolute atomic E-state index is 14.7. The Balaban J connectivity index is 1.19. The molecule has 5 aromatic heterocycles. The number of aromatic amines is 2. The lowest BCUT2D eigenvalue weighted by Crippen LogP contribution is -2.20. The van der Waals surface area contributed by atoms with Crippen LogP contribution >= 0.6 is 0 Å². The third-order valence-electron chi connectivity index (χ3n) is 8.61. The third-order valence-corrected chi connectivity index (χ3v) is 9.55. The summed E-state index contributed by atoms with van der Waals surface area (Å²) in [5.74, 6) is 0.316. The van der Waals surface area contributed by atoms with E-state index < -0.39 is 15.7 Å². The summed E-state index contributed by atoms with van der Waals surface area (Å²) in [7, 11) is -3.18. The Morgan fingerprint density at radius 1 is 0.933 bits per heavy atom. The fourth-order valence-corrected chi connectivity index (χ4v) is 6.91. The number of aromatic nitrogens is 6. The van der Waals surface area contributed by atoms with Crippen LogP contribution in [0.4, 0.5) is 4.39 Å². The predicted octanol–water partition coefficient (Wildman–Crippen LogP) is 6.24. The molecule has 0 bridgehead atoms. The van der Waals surface area contributed by atoms with Gasteiger partial charge in [0.2, 0.25) is 0 Å². The van der Waals surface area contributed by atoms with Gasteiger partial charge >= 0.3 is 0 Å². The van der Waals surface area contributed by atoms with Gasteiger partial charge in [0.15, 0.2) is 5.65 Å². The lowest BCUT2D eigenvalue weighted by Gasteiger charge is -2.11. The van der Waals surface area contributed by atoms with Crippen LogP contribution in [0, 0.1) is 11.7 Å². The summed E-state index contributed by atoms with van der Waals surface area (Å²) >= 11 is 0. The van der Waals surface area contributed by atoms with Gasteiger partial charge < -0.3 is 10.3 Å². The number of sulfone groups is 1. The standard InChI is InChI=1S/C34H34FN7O2S/c1-45(43,44)9-7-22-10-24(13-27(35)12-22)28-6-8-38-33-29(28)15-31(40-33)32-30-14-26(20-39-34(30)42-41-32)25-11-23(18-37-19-25)17-36-16-21-4-2-3-5-21/h6,8,10-15,18-21,36H,2-5,7,9,16-17H2,1H3,(H,38,40)(H,39,41,42). The minimum atomic E-state index is -3.18. The van der Waals surface area contributed by atoms with E-state index in [9.17, 15) is 12.8 Å². The van der Waals surface area contributed by atoms with Crippen LogP contribution in [-0.2, 0) is 22.8 Å². The summed E-state index contributed by atoms with van der Waals surface area (Å²) < 4.78 is 38.1. The van der Waals surface area contributed by atoms with Crippen molar-refractivity contribution >= 4 is 31.9 Å². The van der Waals surface area contributed by atoms with Crippen molar-refractivity contribution < 1.29 is 12.8 Å². The number of hydrogen-bond donors (Lipinski definition) is 3. The van der Waals surface area contributed by atoms with Crippen LogP contribution < -0.4 is 5.32 Å². The van der Waals surface area contributed by atoms with Gasteiger partial charge in [0.25, 0.3) is 0 Å². The molecule has 45 heavy (non-hydrogen) atoms. The molecule has 9 nitrogen and oxygen atoms in total. The minimum Gasteiger partial charge on any atom is -0.338 e. The highest BCUT2D eigenvalue weighted by atomic mass is 32.2. The van der Waals surface area contributed by atoms with Crippen LogP contribution in [-0.4, -0.2) is 57.1 Å². The Morgan fingerprint density at radius 2 is 1.76 bits per heavy atom. The molecule has 0 unspecified atom stereocenters. The topological polar surface area (TPSA) is 129 Å². The summed E-state index contributed by atoms with van der Waals surface area (Å²) in [5, 5.41) is 12.8. The summed E-state index contributed by atoms with van der Waals surface area (Å²) in [5.41, 5.74) is 7.86. The van der Waals surface area contributed by atoms with Crippen molar-refractivity contribution in [3.8, 4) is 33.6 Å². The summed E-state index contributed by atoms with van der Waals surface area (Å²) in [6, 6.07) is 12.7. The Bertz CT molecular complexity index is 2120. The first-order chi connectivity index (χ1) is 21.8. The van der Waals surface area contributed by atoms with Crippen LogP contribution in [0.1, 0.15) is 36.8 Å². The number of nitrogens with zero attached hydrogens (tertiary/aromatic N) is 4. The molecule has 0 aliphatic heterocycles. The molecule has 11 heteroatoms. The molecule has 3 N–H and O–H groups in total. The van der Waals surface area contributed by atoms with Crippen molar-refractivity contribution in [2.45, 2.75) is 38.6 Å². The van der Waals surface area contributed by atoms with E-state index in [0.717, 1.165) is 63.4 Å². The molecule has 1 aliphatic carbocycles. The summed E-state index contributed by atoms with van der Waals surface area (Å²) in [6.07, 6.45) is 14.0. The van der Waals surface area contributed by atoms with Gasteiger partial charge in [-0.2, -0.15) is 5.10 Å². The van der Waals surface area contributed by atoms with Crippen LogP contribution in [0.3, 0.4) is 0 Å². The van der Waals surface area contributed by atoms with Crippen molar-refractivity contribution in [3.63, 3.8) is 0 Å². The molecule has 1 saturated carbocycles. The van der Waals surface area contributed by atoms with Crippen molar-refractivity contribution in [2.75, 3.05) is 18.6 Å². The van der Waals surface area contributed by atoms with Crippen LogP contribution in [0.2, 0.25) is 0 Å². The molecule has 6 aromatic rings. The van der Waals surface area contributed by atoms with E-state index in [1.54, 1.807) is 6.20 Å². The lowest BCUT2D eigenvalue weighted by atomic mass is 10.00. The highest BCUT2D eigenvalue weighted by molar-refractivity contribution is 7.90. The van der Waals surface area contributed by atoms with E-state index in [1.165, 1.54) is 44.1 Å². The quantitative estimate of drug-likeness (QED) is 0.165. The molecule has 1 fully saturated rings. The van der Waals surface area contributed by atoms with E-state index in [2.05, 4.69) is 47.6 Å². The Morgan fingerprint density at radius 3 is 2.60 bits per heavy atom. The van der Waals surface area contributed by atoms with Crippen molar-refractivity contribution in [1.29, 1.82) is 0 Å². The smallest absolute Gasteiger partial charge is 0.181 e. The number of halogens is 1. The number of pyridine rings is 3. The summed E-state index contributed by atoms with van der Waals surface area (Å²) in [4.78, 5) is 17.0. The molecular weight excluding hydrogens is 589 g/mol. The van der Waals surface area contributed by atoms with E-state index in [1.807, 2.05) is 36.8 Å². The second-order valence-corrected chi connectivity index (χ2v) is 14.3. The summed E-state index contributed by atoms with van der Waals surface area (Å²) in [6.45, 7) is 1.82. The predicted molar refractivity (Wildman–Crippen MR) is 175 cm³/mol. The van der Waals surface area contributed by atoms with Crippen LogP contribution in [0.25, 0.3) is 55.7 Å². The van der Waals surface area contributed by atoms with Gasteiger partial charge in [-0.3, -0.25) is 10.1 Å². The zero-order chi connectivity index (χ0) is 31.0. The molecule has 230 valence electrons. The molecule has 1 aliphatic rings. The van der Waals surface area contributed by atoms with E-state index in [4.69, 9.17) is 0 Å². The largest absolute Gasteiger partial charge is 0.338 e. The van der Waals surface area contributed by atoms with Crippen LogP contribution in [0.15, 0.2) is 67.3 Å². The fraction of sp³-hybridized carbons (Fsp3) is 0.294. The molecule has 7 rings (SSSR count). The Hall–Kier alpha value is -4.48. The first-order valence-electron chi connectivity index (χ1n) is 15.2. The number of rotatable bonds is 10. The highest BCUT2D eigenvalue weighted by Gasteiger charge is 2.17. The van der Waals surface area contributed by atoms with Gasteiger partial charge in [-0.25, -0.2) is 22.8 Å². The second-order valence-electron chi connectivity index (χ2n) is 12.1.